The van der Waals surface area contributed by atoms with E-state index in [2.05, 4.69) is 105 Å². The van der Waals surface area contributed by atoms with E-state index in [1.165, 1.54) is 33.4 Å². The van der Waals surface area contributed by atoms with Crippen molar-refractivity contribution in [2.75, 3.05) is 0 Å². The van der Waals surface area contributed by atoms with Crippen LogP contribution in [0.2, 0.25) is 0 Å². The van der Waals surface area contributed by atoms with Gasteiger partial charge >= 0.3 is 0 Å². The summed E-state index contributed by atoms with van der Waals surface area (Å²) in [6.45, 7) is 6.39. The maximum atomic E-state index is 4.83. The van der Waals surface area contributed by atoms with E-state index in [9.17, 15) is 0 Å². The molecule has 0 aliphatic heterocycles. The molecule has 0 aliphatic carbocycles. The summed E-state index contributed by atoms with van der Waals surface area (Å²) in [5.41, 5.74) is 8.16. The molecular weight excluding hydrogens is 610 g/mol. The van der Waals surface area contributed by atoms with Crippen LogP contribution in [-0.4, -0.2) is 3.25 Å². The summed E-state index contributed by atoms with van der Waals surface area (Å²) in [6, 6.07) is 13.0. The molecule has 0 aromatic heterocycles. The predicted molar refractivity (Wildman–Crippen MR) is 131 cm³/mol. The van der Waals surface area contributed by atoms with Crippen LogP contribution >= 0.6 is 94.2 Å². The zero-order chi connectivity index (χ0) is 20.3. The van der Waals surface area contributed by atoms with Crippen molar-refractivity contribution in [2.45, 2.75) is 40.0 Å². The van der Waals surface area contributed by atoms with E-state index in [0.29, 0.717) is 0 Å². The van der Waals surface area contributed by atoms with E-state index in [4.69, 9.17) is 46.4 Å². The maximum absolute atomic E-state index is 4.83. The van der Waals surface area contributed by atoms with E-state index >= 15 is 0 Å². The molecule has 26 heavy (non-hydrogen) atoms. The highest BCUT2D eigenvalue weighted by atomic mass is 79.9. The van der Waals surface area contributed by atoms with Crippen molar-refractivity contribution in [3.05, 3.63) is 69.8 Å². The molecule has 0 saturated heterocycles. The van der Waals surface area contributed by atoms with E-state index in [1.54, 1.807) is 0 Å². The van der Waals surface area contributed by atoms with Gasteiger partial charge in [0.1, 0.15) is 0 Å². The van der Waals surface area contributed by atoms with Crippen LogP contribution in [0.4, 0.5) is 0 Å². The van der Waals surface area contributed by atoms with E-state index in [-0.39, 0.29) is 0 Å². The van der Waals surface area contributed by atoms with Crippen molar-refractivity contribution < 1.29 is 0 Å². The van der Waals surface area contributed by atoms with E-state index in [1.807, 2.05) is 0 Å². The molecule has 0 amide bonds. The Morgan fingerprint density at radius 2 is 1.23 bits per heavy atom. The summed E-state index contributed by atoms with van der Waals surface area (Å²) in [4.78, 5) is 0. The number of halogens is 7. The molecule has 2 rings (SSSR count). The van der Waals surface area contributed by atoms with Crippen LogP contribution < -0.4 is 0 Å². The second kappa shape index (κ2) is 14.1. The van der Waals surface area contributed by atoms with Crippen LogP contribution in [0.5, 0.6) is 0 Å². The third-order valence-electron chi connectivity index (χ3n) is 3.38. The normalized spacial score (nSPS) is 10.4. The lowest BCUT2D eigenvalue weighted by atomic mass is 10.1. The van der Waals surface area contributed by atoms with Gasteiger partial charge in [-0.3, -0.25) is 0 Å². The smallest absolute Gasteiger partial charge is 0.0876 e. The summed E-state index contributed by atoms with van der Waals surface area (Å²) < 4.78 is -1.61. The Balaban J connectivity index is 0.000000394. The molecule has 2 aromatic carbocycles. The van der Waals surface area contributed by atoms with Gasteiger partial charge in [0.25, 0.3) is 3.25 Å². The molecule has 0 nitrogen and oxygen atoms in total. The highest BCUT2D eigenvalue weighted by Gasteiger charge is 2.11. The molecule has 0 aliphatic rings. The van der Waals surface area contributed by atoms with Gasteiger partial charge in [-0.25, -0.2) is 0 Å². The number of benzene rings is 2. The highest BCUT2D eigenvalue weighted by molar-refractivity contribution is 9.09. The lowest BCUT2D eigenvalue weighted by Gasteiger charge is -2.05. The van der Waals surface area contributed by atoms with Crippen molar-refractivity contribution in [1.82, 2.24) is 0 Å². The van der Waals surface area contributed by atoms with Crippen LogP contribution in [0.3, 0.4) is 0 Å². The minimum absolute atomic E-state index is 0.925. The van der Waals surface area contributed by atoms with E-state index < -0.39 is 3.25 Å². The number of hydrogen-bond acceptors (Lipinski definition) is 0. The third-order valence-corrected chi connectivity index (χ3v) is 5.23. The van der Waals surface area contributed by atoms with Crippen LogP contribution in [0.1, 0.15) is 33.4 Å². The first-order valence-electron chi connectivity index (χ1n) is 7.59. The molecule has 7 heteroatoms. The predicted octanol–water partition coefficient (Wildman–Crippen LogP) is 9.54. The quantitative estimate of drug-likeness (QED) is 0.296. The molecule has 0 bridgehead atoms. The Labute approximate surface area is 202 Å². The molecule has 146 valence electrons. The molecule has 0 unspecified atom stereocenters. The van der Waals surface area contributed by atoms with Crippen LogP contribution in [0.25, 0.3) is 0 Å². The monoisotopic (exact) mass is 626 g/mol. The number of rotatable bonds is 3. The minimum Gasteiger partial charge on any atom is -0.0876 e. The van der Waals surface area contributed by atoms with Gasteiger partial charge in [0.05, 0.1) is 0 Å². The van der Waals surface area contributed by atoms with Gasteiger partial charge in [-0.1, -0.05) is 136 Å². The van der Waals surface area contributed by atoms with Gasteiger partial charge in [0, 0.05) is 16.0 Å². The zero-order valence-corrected chi connectivity index (χ0v) is 22.5. The fraction of sp³-hybridized carbons (Fsp3) is 0.368. The fourth-order valence-corrected chi connectivity index (χ4v) is 3.33. The molecule has 0 radical (unpaired) electrons. The van der Waals surface area contributed by atoms with Gasteiger partial charge in [-0.05, 0) is 48.6 Å². The summed E-state index contributed by atoms with van der Waals surface area (Å²) in [7, 11) is 0. The fourth-order valence-electron chi connectivity index (χ4n) is 1.91. The third kappa shape index (κ3) is 13.3. The molecule has 0 fully saturated rings. The standard InChI is InChI=1S/C9H9Br3.C9H12.CCl4/c10-4-7-1-2-8(5-11)9(3-7)6-12;1-7-4-5-8(2)9(3)6-7;2-1(3,4)5/h1-3H,4-6H2;4-6H,1-3H3;. The van der Waals surface area contributed by atoms with Gasteiger partial charge in [-0.15, -0.1) is 0 Å². The van der Waals surface area contributed by atoms with Gasteiger partial charge in [0.15, 0.2) is 0 Å². The first kappa shape index (κ1) is 27.0. The van der Waals surface area contributed by atoms with Crippen molar-refractivity contribution in [3.63, 3.8) is 0 Å². The average Bonchev–Trinajstić information content (AvgIpc) is 2.57. The molecule has 2 aromatic rings. The lowest BCUT2D eigenvalue weighted by molar-refractivity contribution is 1.26. The van der Waals surface area contributed by atoms with Crippen molar-refractivity contribution in [3.8, 4) is 0 Å². The molecule has 0 heterocycles. The Morgan fingerprint density at radius 1 is 0.692 bits per heavy atom. The average molecular weight is 631 g/mol. The Kier molecular flexibility index (Phi) is 14.7. The first-order chi connectivity index (χ1) is 12.0. The summed E-state index contributed by atoms with van der Waals surface area (Å²) >= 11 is 29.7. The summed E-state index contributed by atoms with van der Waals surface area (Å²) in [5.74, 6) is 0. The summed E-state index contributed by atoms with van der Waals surface area (Å²) in [5, 5.41) is 2.78. The molecule has 0 N–H and O–H groups in total. The van der Waals surface area contributed by atoms with Gasteiger partial charge in [-0.2, -0.15) is 0 Å². The largest absolute Gasteiger partial charge is 0.266 e. The maximum Gasteiger partial charge on any atom is 0.266 e. The molecule has 0 spiro atoms. The molecular formula is C19H21Br3Cl4. The second-order valence-corrected chi connectivity index (χ2v) is 10.6. The zero-order valence-electron chi connectivity index (χ0n) is 14.7. The number of hydrogen-bond donors (Lipinski definition) is 0. The first-order valence-corrected chi connectivity index (χ1v) is 12.5. The Hall–Kier alpha value is 1.04. The van der Waals surface area contributed by atoms with Gasteiger partial charge in [0.2, 0.25) is 0 Å². The summed E-state index contributed by atoms with van der Waals surface area (Å²) in [6.07, 6.45) is 0. The van der Waals surface area contributed by atoms with E-state index in [0.717, 1.165) is 16.0 Å². The molecule has 0 saturated carbocycles. The van der Waals surface area contributed by atoms with Crippen molar-refractivity contribution in [1.29, 1.82) is 0 Å². The van der Waals surface area contributed by atoms with Crippen molar-refractivity contribution >= 4 is 94.2 Å². The van der Waals surface area contributed by atoms with Crippen LogP contribution in [0.15, 0.2) is 36.4 Å². The topological polar surface area (TPSA) is 0 Å². The van der Waals surface area contributed by atoms with Crippen LogP contribution in [-0.2, 0) is 16.0 Å². The highest BCUT2D eigenvalue weighted by Crippen LogP contribution is 2.29. The van der Waals surface area contributed by atoms with Crippen LogP contribution in [0, 0.1) is 20.8 Å². The molecule has 0 atom stereocenters. The number of alkyl halides is 7. The Bertz CT molecular complexity index is 664. The van der Waals surface area contributed by atoms with Gasteiger partial charge < -0.3 is 0 Å². The number of aryl methyl sites for hydroxylation is 3. The second-order valence-electron chi connectivity index (χ2n) is 5.52. The SMILES string of the molecule is BrCc1ccc(CBr)c(CBr)c1.Cc1ccc(C)c(C)c1.ClC(Cl)(Cl)Cl. The van der Waals surface area contributed by atoms with Crippen molar-refractivity contribution in [2.24, 2.45) is 0 Å². The lowest BCUT2D eigenvalue weighted by Crippen LogP contribution is -1.89. The minimum atomic E-state index is -1.61. The Morgan fingerprint density at radius 3 is 1.62 bits per heavy atom.